The van der Waals surface area contributed by atoms with Crippen LogP contribution >= 0.6 is 0 Å². The number of aromatic nitrogens is 2. The van der Waals surface area contributed by atoms with Crippen LogP contribution < -0.4 is 5.56 Å². The Kier molecular flexibility index (Phi) is 4.03. The van der Waals surface area contributed by atoms with Gasteiger partial charge >= 0.3 is 0 Å². The molecule has 0 bridgehead atoms. The standard InChI is InChI=1S/C15H20N2O/c1-3-8-13-14(12-9-6-5-7-10-12)17(11-4-2)16-15(13)18/h5-7,9-10H,3-4,8,11H2,1-2H3,(H,16,18). The summed E-state index contributed by atoms with van der Waals surface area (Å²) in [6.45, 7) is 5.07. The molecule has 1 aromatic carbocycles. The van der Waals surface area contributed by atoms with Crippen LogP contribution in [-0.2, 0) is 13.0 Å². The van der Waals surface area contributed by atoms with E-state index in [4.69, 9.17) is 0 Å². The summed E-state index contributed by atoms with van der Waals surface area (Å²) < 4.78 is 1.99. The van der Waals surface area contributed by atoms with Crippen molar-refractivity contribution in [3.05, 3.63) is 46.2 Å². The van der Waals surface area contributed by atoms with Crippen molar-refractivity contribution in [1.29, 1.82) is 0 Å². The normalized spacial score (nSPS) is 10.8. The van der Waals surface area contributed by atoms with Gasteiger partial charge in [0.25, 0.3) is 5.56 Å². The number of nitrogens with zero attached hydrogens (tertiary/aromatic N) is 1. The highest BCUT2D eigenvalue weighted by Gasteiger charge is 2.14. The van der Waals surface area contributed by atoms with Crippen LogP contribution in [0, 0.1) is 0 Å². The van der Waals surface area contributed by atoms with Crippen molar-refractivity contribution in [2.75, 3.05) is 0 Å². The highest BCUT2D eigenvalue weighted by atomic mass is 16.1. The third kappa shape index (κ3) is 2.40. The van der Waals surface area contributed by atoms with E-state index in [1.54, 1.807) is 0 Å². The Labute approximate surface area is 107 Å². The average Bonchev–Trinajstić information content (AvgIpc) is 2.68. The Hall–Kier alpha value is -1.77. The number of hydrogen-bond donors (Lipinski definition) is 1. The highest BCUT2D eigenvalue weighted by molar-refractivity contribution is 5.63. The summed E-state index contributed by atoms with van der Waals surface area (Å²) in [6.07, 6.45) is 2.82. The molecule has 1 aromatic heterocycles. The fraction of sp³-hybridized carbons (Fsp3) is 0.400. The largest absolute Gasteiger partial charge is 0.284 e. The van der Waals surface area contributed by atoms with Gasteiger partial charge in [0, 0.05) is 17.7 Å². The molecule has 0 aliphatic rings. The molecular formula is C15H20N2O. The molecule has 0 saturated carbocycles. The maximum atomic E-state index is 12.0. The van der Waals surface area contributed by atoms with Crippen molar-refractivity contribution >= 4 is 0 Å². The van der Waals surface area contributed by atoms with E-state index in [1.807, 2.05) is 22.9 Å². The topological polar surface area (TPSA) is 37.8 Å². The summed E-state index contributed by atoms with van der Waals surface area (Å²) in [5.74, 6) is 0. The number of aromatic amines is 1. The van der Waals surface area contributed by atoms with Gasteiger partial charge in [-0.3, -0.25) is 14.6 Å². The van der Waals surface area contributed by atoms with Gasteiger partial charge in [-0.1, -0.05) is 50.6 Å². The zero-order valence-electron chi connectivity index (χ0n) is 11.1. The third-order valence-electron chi connectivity index (χ3n) is 3.06. The molecule has 2 rings (SSSR count). The van der Waals surface area contributed by atoms with Gasteiger partial charge in [-0.25, -0.2) is 0 Å². The van der Waals surface area contributed by atoms with E-state index < -0.39 is 0 Å². The molecule has 1 heterocycles. The molecular weight excluding hydrogens is 224 g/mol. The summed E-state index contributed by atoms with van der Waals surface area (Å²) in [7, 11) is 0. The van der Waals surface area contributed by atoms with E-state index in [0.717, 1.165) is 42.6 Å². The van der Waals surface area contributed by atoms with Crippen LogP contribution in [0.15, 0.2) is 35.1 Å². The second kappa shape index (κ2) is 5.71. The predicted octanol–water partition coefficient (Wildman–Crippen LogP) is 3.21. The Balaban J connectivity index is 2.57. The molecule has 0 unspecified atom stereocenters. The Morgan fingerprint density at radius 3 is 2.44 bits per heavy atom. The Morgan fingerprint density at radius 1 is 1.11 bits per heavy atom. The third-order valence-corrected chi connectivity index (χ3v) is 3.06. The van der Waals surface area contributed by atoms with E-state index in [-0.39, 0.29) is 5.56 Å². The summed E-state index contributed by atoms with van der Waals surface area (Å²) in [6, 6.07) is 10.2. The molecule has 0 saturated heterocycles. The van der Waals surface area contributed by atoms with Crippen LogP contribution in [0.2, 0.25) is 0 Å². The van der Waals surface area contributed by atoms with Gasteiger partial charge < -0.3 is 0 Å². The van der Waals surface area contributed by atoms with E-state index in [9.17, 15) is 4.79 Å². The van der Waals surface area contributed by atoms with Gasteiger partial charge in [-0.15, -0.1) is 0 Å². The first-order chi connectivity index (χ1) is 8.77. The maximum Gasteiger partial charge on any atom is 0.267 e. The molecule has 0 fully saturated rings. The van der Waals surface area contributed by atoms with E-state index in [2.05, 4.69) is 31.1 Å². The Morgan fingerprint density at radius 2 is 1.83 bits per heavy atom. The fourth-order valence-corrected chi connectivity index (χ4v) is 2.32. The van der Waals surface area contributed by atoms with Crippen LogP contribution in [0.4, 0.5) is 0 Å². The van der Waals surface area contributed by atoms with Crippen molar-refractivity contribution in [2.24, 2.45) is 0 Å². The van der Waals surface area contributed by atoms with Crippen LogP contribution in [0.3, 0.4) is 0 Å². The minimum absolute atomic E-state index is 0.0594. The molecule has 1 N–H and O–H groups in total. The van der Waals surface area contributed by atoms with E-state index in [1.165, 1.54) is 0 Å². The second-order valence-electron chi connectivity index (χ2n) is 4.54. The van der Waals surface area contributed by atoms with Crippen molar-refractivity contribution in [1.82, 2.24) is 9.78 Å². The van der Waals surface area contributed by atoms with Crippen molar-refractivity contribution in [2.45, 2.75) is 39.7 Å². The highest BCUT2D eigenvalue weighted by Crippen LogP contribution is 2.22. The van der Waals surface area contributed by atoms with Crippen molar-refractivity contribution in [3.63, 3.8) is 0 Å². The number of H-pyrrole nitrogens is 1. The zero-order valence-corrected chi connectivity index (χ0v) is 11.1. The summed E-state index contributed by atoms with van der Waals surface area (Å²) in [5, 5.41) is 2.96. The van der Waals surface area contributed by atoms with Crippen LogP contribution in [-0.4, -0.2) is 9.78 Å². The molecule has 0 atom stereocenters. The summed E-state index contributed by atoms with van der Waals surface area (Å²) in [4.78, 5) is 12.0. The first-order valence-electron chi connectivity index (χ1n) is 6.65. The lowest BCUT2D eigenvalue weighted by atomic mass is 10.0. The lowest BCUT2D eigenvalue weighted by Crippen LogP contribution is -2.07. The summed E-state index contributed by atoms with van der Waals surface area (Å²) >= 11 is 0. The quantitative estimate of drug-likeness (QED) is 0.861. The molecule has 3 heteroatoms. The second-order valence-corrected chi connectivity index (χ2v) is 4.54. The fourth-order valence-electron chi connectivity index (χ4n) is 2.32. The Bertz CT molecular complexity index is 552. The van der Waals surface area contributed by atoms with Crippen molar-refractivity contribution < 1.29 is 0 Å². The number of nitrogens with one attached hydrogen (secondary N) is 1. The van der Waals surface area contributed by atoms with Crippen LogP contribution in [0.5, 0.6) is 0 Å². The molecule has 0 spiro atoms. The molecule has 3 nitrogen and oxygen atoms in total. The predicted molar refractivity (Wildman–Crippen MR) is 74.8 cm³/mol. The lowest BCUT2D eigenvalue weighted by Gasteiger charge is -2.09. The molecule has 96 valence electrons. The van der Waals surface area contributed by atoms with Crippen molar-refractivity contribution in [3.8, 4) is 11.3 Å². The first-order valence-corrected chi connectivity index (χ1v) is 6.65. The number of aryl methyl sites for hydroxylation is 1. The van der Waals surface area contributed by atoms with Gasteiger partial charge in [0.1, 0.15) is 0 Å². The van der Waals surface area contributed by atoms with Crippen LogP contribution in [0.25, 0.3) is 11.3 Å². The molecule has 18 heavy (non-hydrogen) atoms. The zero-order chi connectivity index (χ0) is 13.0. The minimum Gasteiger partial charge on any atom is -0.284 e. The van der Waals surface area contributed by atoms with Gasteiger partial charge in [0.05, 0.1) is 5.69 Å². The molecule has 0 aliphatic heterocycles. The van der Waals surface area contributed by atoms with Gasteiger partial charge in [-0.05, 0) is 12.8 Å². The number of rotatable bonds is 5. The lowest BCUT2D eigenvalue weighted by molar-refractivity contribution is 0.603. The molecule has 0 radical (unpaired) electrons. The number of hydrogen-bond acceptors (Lipinski definition) is 1. The summed E-state index contributed by atoms with van der Waals surface area (Å²) in [5.41, 5.74) is 3.15. The van der Waals surface area contributed by atoms with Crippen LogP contribution in [0.1, 0.15) is 32.3 Å². The molecule has 0 amide bonds. The maximum absolute atomic E-state index is 12.0. The van der Waals surface area contributed by atoms with E-state index >= 15 is 0 Å². The smallest absolute Gasteiger partial charge is 0.267 e. The minimum atomic E-state index is 0.0594. The molecule has 2 aromatic rings. The SMILES string of the molecule is CCCc1c(-c2ccccc2)n(CCC)[nH]c1=O. The monoisotopic (exact) mass is 244 g/mol. The average molecular weight is 244 g/mol. The van der Waals surface area contributed by atoms with Gasteiger partial charge in [0.15, 0.2) is 0 Å². The first kappa shape index (κ1) is 12.7. The van der Waals surface area contributed by atoms with Gasteiger partial charge in [0.2, 0.25) is 0 Å². The van der Waals surface area contributed by atoms with E-state index in [0.29, 0.717) is 0 Å². The number of benzene rings is 1. The molecule has 0 aliphatic carbocycles. The van der Waals surface area contributed by atoms with Gasteiger partial charge in [-0.2, -0.15) is 0 Å².